The highest BCUT2D eigenvalue weighted by atomic mass is 16.5. The Morgan fingerprint density at radius 2 is 2.17 bits per heavy atom. The van der Waals surface area contributed by atoms with Crippen LogP contribution >= 0.6 is 0 Å². The largest absolute Gasteiger partial charge is 0.465 e. The second-order valence-corrected chi connectivity index (χ2v) is 3.93. The van der Waals surface area contributed by atoms with E-state index in [0.29, 0.717) is 13.2 Å². The van der Waals surface area contributed by atoms with Crippen LogP contribution in [-0.2, 0) is 22.6 Å². The fraction of sp³-hybridized carbons (Fsp3) is 0.818. The number of ether oxygens (including phenoxy) is 1. The fourth-order valence-electron chi connectivity index (χ4n) is 1.59. The van der Waals surface area contributed by atoms with Gasteiger partial charge in [0.1, 0.15) is 0 Å². The fourth-order valence-corrected chi connectivity index (χ4v) is 1.59. The minimum absolute atomic E-state index is 0.214. The first-order valence-electron chi connectivity index (χ1n) is 6.34. The Labute approximate surface area is 107 Å². The lowest BCUT2D eigenvalue weighted by molar-refractivity contribution is -0.144. The minimum Gasteiger partial charge on any atom is -0.465 e. The molecule has 0 N–H and O–H groups in total. The van der Waals surface area contributed by atoms with Crippen LogP contribution in [0.5, 0.6) is 0 Å². The summed E-state index contributed by atoms with van der Waals surface area (Å²) in [6.45, 7) is 8.64. The molecule has 0 aliphatic heterocycles. The van der Waals surface area contributed by atoms with E-state index in [1.54, 1.807) is 11.6 Å². The van der Waals surface area contributed by atoms with Crippen LogP contribution in [0.15, 0.2) is 0 Å². The van der Waals surface area contributed by atoms with Gasteiger partial charge >= 0.3 is 5.97 Å². The van der Waals surface area contributed by atoms with Crippen molar-refractivity contribution in [2.24, 2.45) is 0 Å². The molecular weight excluding hydrogens is 234 g/mol. The van der Waals surface area contributed by atoms with E-state index in [9.17, 15) is 4.79 Å². The lowest BCUT2D eigenvalue weighted by Crippen LogP contribution is -2.31. The van der Waals surface area contributed by atoms with Crippen LogP contribution in [0.4, 0.5) is 0 Å². The molecule has 18 heavy (non-hydrogen) atoms. The molecule has 7 heteroatoms. The normalized spacial score (nSPS) is 10.9. The van der Waals surface area contributed by atoms with E-state index in [1.165, 1.54) is 0 Å². The van der Waals surface area contributed by atoms with Crippen LogP contribution in [0.25, 0.3) is 0 Å². The molecule has 0 saturated heterocycles. The first-order chi connectivity index (χ1) is 8.71. The van der Waals surface area contributed by atoms with E-state index in [0.717, 1.165) is 25.3 Å². The van der Waals surface area contributed by atoms with Crippen molar-refractivity contribution in [3.63, 3.8) is 0 Å². The molecule has 102 valence electrons. The summed E-state index contributed by atoms with van der Waals surface area (Å²) in [5.74, 6) is 0.567. The van der Waals surface area contributed by atoms with Crippen LogP contribution in [0.1, 0.15) is 33.0 Å². The quantitative estimate of drug-likeness (QED) is 0.629. The van der Waals surface area contributed by atoms with E-state index in [1.807, 2.05) is 11.8 Å². The first-order valence-corrected chi connectivity index (χ1v) is 6.34. The van der Waals surface area contributed by atoms with Gasteiger partial charge in [-0.25, -0.2) is 4.68 Å². The summed E-state index contributed by atoms with van der Waals surface area (Å²) < 4.78 is 6.70. The molecule has 7 nitrogen and oxygen atoms in total. The number of hydrogen-bond donors (Lipinski definition) is 0. The third-order valence-electron chi connectivity index (χ3n) is 2.51. The predicted octanol–water partition coefficient (Wildman–Crippen LogP) is 0.468. The summed E-state index contributed by atoms with van der Waals surface area (Å²) in [5, 5.41) is 11.6. The van der Waals surface area contributed by atoms with Crippen LogP contribution in [0.3, 0.4) is 0 Å². The molecule has 0 bridgehead atoms. The number of hydrogen-bond acceptors (Lipinski definition) is 6. The number of likely N-dealkylation sites (N-methyl/N-ethyl adjacent to an activating group) is 1. The van der Waals surface area contributed by atoms with Gasteiger partial charge in [-0.2, -0.15) is 0 Å². The number of nitrogens with zero attached hydrogens (tertiary/aromatic N) is 5. The predicted molar refractivity (Wildman–Crippen MR) is 65.7 cm³/mol. The van der Waals surface area contributed by atoms with E-state index in [-0.39, 0.29) is 12.5 Å². The maximum atomic E-state index is 11.4. The molecule has 1 aromatic rings. The summed E-state index contributed by atoms with van der Waals surface area (Å²) in [6, 6.07) is 0. The van der Waals surface area contributed by atoms with Gasteiger partial charge in [-0.1, -0.05) is 13.8 Å². The molecule has 0 aromatic carbocycles. The van der Waals surface area contributed by atoms with Crippen LogP contribution in [0.2, 0.25) is 0 Å². The number of carbonyl (C=O) groups is 1. The Balaban J connectivity index is 2.56. The standard InChI is InChI=1S/C11H21N5O2/c1-4-7-16-10(12-13-14-16)8-15(5-2)9-11(17)18-6-3/h4-9H2,1-3H3. The number of carbonyl (C=O) groups excluding carboxylic acids is 1. The molecule has 1 rings (SSSR count). The average molecular weight is 255 g/mol. The number of aryl methyl sites for hydroxylation is 1. The van der Waals surface area contributed by atoms with Gasteiger partial charge in [0.2, 0.25) is 0 Å². The lowest BCUT2D eigenvalue weighted by Gasteiger charge is -2.18. The highest BCUT2D eigenvalue weighted by Crippen LogP contribution is 2.01. The lowest BCUT2D eigenvalue weighted by atomic mass is 10.4. The zero-order valence-electron chi connectivity index (χ0n) is 11.3. The molecule has 0 unspecified atom stereocenters. The number of aromatic nitrogens is 4. The van der Waals surface area contributed by atoms with Crippen LogP contribution < -0.4 is 0 Å². The van der Waals surface area contributed by atoms with Gasteiger partial charge < -0.3 is 4.74 Å². The number of rotatable bonds is 8. The second kappa shape index (κ2) is 7.75. The van der Waals surface area contributed by atoms with Crippen molar-refractivity contribution < 1.29 is 9.53 Å². The highest BCUT2D eigenvalue weighted by molar-refractivity contribution is 5.71. The van der Waals surface area contributed by atoms with Gasteiger partial charge in [0.25, 0.3) is 0 Å². The number of esters is 1. The topological polar surface area (TPSA) is 73.1 Å². The molecule has 1 heterocycles. The summed E-state index contributed by atoms with van der Waals surface area (Å²) in [6.07, 6.45) is 0.974. The zero-order chi connectivity index (χ0) is 13.4. The zero-order valence-corrected chi connectivity index (χ0v) is 11.3. The Morgan fingerprint density at radius 3 is 2.78 bits per heavy atom. The molecule has 0 fully saturated rings. The molecule has 0 spiro atoms. The second-order valence-electron chi connectivity index (χ2n) is 3.93. The van der Waals surface area contributed by atoms with Crippen molar-refractivity contribution >= 4 is 5.97 Å². The van der Waals surface area contributed by atoms with Crippen molar-refractivity contribution in [1.82, 2.24) is 25.1 Å². The Bertz CT molecular complexity index is 366. The summed E-state index contributed by atoms with van der Waals surface area (Å²) in [4.78, 5) is 13.4. The molecule has 0 radical (unpaired) electrons. The van der Waals surface area contributed by atoms with Crippen molar-refractivity contribution in [2.75, 3.05) is 19.7 Å². The minimum atomic E-state index is -0.214. The van der Waals surface area contributed by atoms with E-state index in [2.05, 4.69) is 22.4 Å². The molecule has 1 aromatic heterocycles. The van der Waals surface area contributed by atoms with Gasteiger partial charge in [0, 0.05) is 6.54 Å². The molecule has 0 saturated carbocycles. The van der Waals surface area contributed by atoms with Crippen molar-refractivity contribution in [2.45, 2.75) is 40.3 Å². The molecule has 0 amide bonds. The molecular formula is C11H21N5O2. The average Bonchev–Trinajstić information content (AvgIpc) is 2.76. The van der Waals surface area contributed by atoms with Gasteiger partial charge in [-0.3, -0.25) is 9.69 Å². The SMILES string of the molecule is CCCn1nnnc1CN(CC)CC(=O)OCC. The Morgan fingerprint density at radius 1 is 1.39 bits per heavy atom. The maximum absolute atomic E-state index is 11.4. The van der Waals surface area contributed by atoms with Crippen molar-refractivity contribution in [1.29, 1.82) is 0 Å². The Kier molecular flexibility index (Phi) is 6.27. The van der Waals surface area contributed by atoms with E-state index in [4.69, 9.17) is 4.74 Å². The van der Waals surface area contributed by atoms with E-state index < -0.39 is 0 Å². The van der Waals surface area contributed by atoms with Gasteiger partial charge in [-0.05, 0) is 30.3 Å². The van der Waals surface area contributed by atoms with Crippen LogP contribution in [0, 0.1) is 0 Å². The van der Waals surface area contributed by atoms with Gasteiger partial charge in [0.05, 0.1) is 19.7 Å². The van der Waals surface area contributed by atoms with E-state index >= 15 is 0 Å². The maximum Gasteiger partial charge on any atom is 0.320 e. The summed E-state index contributed by atoms with van der Waals surface area (Å²) >= 11 is 0. The number of tetrazole rings is 1. The molecule has 0 aliphatic rings. The third kappa shape index (κ3) is 4.40. The van der Waals surface area contributed by atoms with Crippen LogP contribution in [-0.4, -0.2) is 50.8 Å². The third-order valence-corrected chi connectivity index (χ3v) is 2.51. The monoisotopic (exact) mass is 255 g/mol. The first kappa shape index (κ1) is 14.6. The van der Waals surface area contributed by atoms with Crippen molar-refractivity contribution in [3.8, 4) is 0 Å². The molecule has 0 aliphatic carbocycles. The van der Waals surface area contributed by atoms with Gasteiger partial charge in [-0.15, -0.1) is 5.10 Å². The smallest absolute Gasteiger partial charge is 0.320 e. The van der Waals surface area contributed by atoms with Crippen molar-refractivity contribution in [3.05, 3.63) is 5.82 Å². The van der Waals surface area contributed by atoms with Gasteiger partial charge in [0.15, 0.2) is 5.82 Å². The Hall–Kier alpha value is -1.50. The molecule has 0 atom stereocenters. The summed E-state index contributed by atoms with van der Waals surface area (Å²) in [5.41, 5.74) is 0. The highest BCUT2D eigenvalue weighted by Gasteiger charge is 2.14. The summed E-state index contributed by atoms with van der Waals surface area (Å²) in [7, 11) is 0.